The average molecular weight is 226 g/mol. The fourth-order valence-electron chi connectivity index (χ4n) is 1.18. The van der Waals surface area contributed by atoms with E-state index in [1.54, 1.807) is 0 Å². The zero-order chi connectivity index (χ0) is 11.7. The van der Waals surface area contributed by atoms with Crippen molar-refractivity contribution in [2.75, 3.05) is 6.61 Å². The van der Waals surface area contributed by atoms with Crippen molar-refractivity contribution in [3.8, 4) is 12.3 Å². The van der Waals surface area contributed by atoms with E-state index in [9.17, 15) is 0 Å². The lowest BCUT2D eigenvalue weighted by atomic mass is 10.2. The van der Waals surface area contributed by atoms with Crippen LogP contribution in [0.15, 0.2) is 11.8 Å². The molecule has 2 nitrogen and oxygen atoms in total. The van der Waals surface area contributed by atoms with Gasteiger partial charge in [0.15, 0.2) is 0 Å². The lowest BCUT2D eigenvalue weighted by molar-refractivity contribution is 0.244. The predicted octanol–water partition coefficient (Wildman–Crippen LogP) is 3.45. The van der Waals surface area contributed by atoms with Crippen molar-refractivity contribution in [2.45, 2.75) is 46.2 Å². The second kappa shape index (κ2) is 7.55. The molecule has 0 amide bonds. The lowest BCUT2D eigenvalue weighted by Crippen LogP contribution is -2.34. The summed E-state index contributed by atoms with van der Waals surface area (Å²) >= 11 is 0. The van der Waals surface area contributed by atoms with Gasteiger partial charge in [-0.05, 0) is 38.9 Å². The Kier molecular flexibility index (Phi) is 7.19. The largest absolute Gasteiger partial charge is 0.525 e. The summed E-state index contributed by atoms with van der Waals surface area (Å²) < 4.78 is 11.3. The summed E-state index contributed by atoms with van der Waals surface area (Å²) in [7, 11) is -2.06. The van der Waals surface area contributed by atoms with Crippen LogP contribution in [0.4, 0.5) is 0 Å². The molecule has 86 valence electrons. The highest BCUT2D eigenvalue weighted by atomic mass is 28.4. The third-order valence-corrected chi connectivity index (χ3v) is 3.55. The molecule has 15 heavy (non-hydrogen) atoms. The van der Waals surface area contributed by atoms with Crippen LogP contribution in [0.25, 0.3) is 0 Å². The van der Waals surface area contributed by atoms with E-state index >= 15 is 0 Å². The summed E-state index contributed by atoms with van der Waals surface area (Å²) in [5, 5.41) is 0. The molecule has 0 aromatic heterocycles. The molecule has 0 aliphatic carbocycles. The topological polar surface area (TPSA) is 18.5 Å². The fraction of sp³-hybridized carbons (Fsp3) is 0.667. The van der Waals surface area contributed by atoms with Gasteiger partial charge in [-0.25, -0.2) is 0 Å². The predicted molar refractivity (Wildman–Crippen MR) is 66.6 cm³/mol. The Morgan fingerprint density at radius 3 is 2.67 bits per heavy atom. The van der Waals surface area contributed by atoms with Crippen molar-refractivity contribution in [1.29, 1.82) is 0 Å². The summed E-state index contributed by atoms with van der Waals surface area (Å²) in [5.74, 6) is 3.42. The van der Waals surface area contributed by atoms with Crippen molar-refractivity contribution in [3.05, 3.63) is 11.8 Å². The highest BCUT2D eigenvalue weighted by molar-refractivity contribution is 6.64. The van der Waals surface area contributed by atoms with E-state index in [1.165, 1.54) is 12.8 Å². The number of rotatable bonds is 7. The first-order valence-electron chi connectivity index (χ1n) is 5.45. The standard InChI is InChI=1S/C12H22O2Si/c1-6-8-9-10-12(3)14-15(4,5)13-11-7-2/h2,10H,6,8-9,11H2,1,3-5H3/b12-10-. The van der Waals surface area contributed by atoms with Crippen molar-refractivity contribution in [2.24, 2.45) is 0 Å². The van der Waals surface area contributed by atoms with Crippen molar-refractivity contribution < 1.29 is 8.85 Å². The highest BCUT2D eigenvalue weighted by Crippen LogP contribution is 2.13. The van der Waals surface area contributed by atoms with Crippen LogP contribution in [0.3, 0.4) is 0 Å². The minimum Gasteiger partial charge on any atom is -0.525 e. The third-order valence-electron chi connectivity index (χ3n) is 1.90. The molecule has 0 aromatic carbocycles. The second-order valence-corrected chi connectivity index (χ2v) is 7.24. The highest BCUT2D eigenvalue weighted by Gasteiger charge is 2.25. The number of allylic oxidation sites excluding steroid dienone is 2. The molecule has 0 N–H and O–H groups in total. The Bertz CT molecular complexity index is 238. The SMILES string of the molecule is C#CCO[Si](C)(C)O/C(C)=C\CCCC. The summed E-state index contributed by atoms with van der Waals surface area (Å²) in [4.78, 5) is 0. The molecule has 0 rings (SSSR count). The zero-order valence-corrected chi connectivity index (χ0v) is 11.3. The summed E-state index contributed by atoms with van der Waals surface area (Å²) in [5.41, 5.74) is 0. The van der Waals surface area contributed by atoms with Crippen LogP contribution >= 0.6 is 0 Å². The Hall–Kier alpha value is -0.723. The molecule has 0 aliphatic heterocycles. The summed E-state index contributed by atoms with van der Waals surface area (Å²) in [6, 6.07) is 0. The molecule has 0 heterocycles. The van der Waals surface area contributed by atoms with Crippen molar-refractivity contribution >= 4 is 8.56 Å². The van der Waals surface area contributed by atoms with Crippen molar-refractivity contribution in [1.82, 2.24) is 0 Å². The third kappa shape index (κ3) is 8.28. The van der Waals surface area contributed by atoms with E-state index in [0.717, 1.165) is 12.2 Å². The average Bonchev–Trinajstić information content (AvgIpc) is 2.14. The lowest BCUT2D eigenvalue weighted by Gasteiger charge is -2.23. The van der Waals surface area contributed by atoms with E-state index in [-0.39, 0.29) is 0 Å². The maximum atomic E-state index is 5.77. The Labute approximate surface area is 94.9 Å². The van der Waals surface area contributed by atoms with Gasteiger partial charge in [0.1, 0.15) is 0 Å². The van der Waals surface area contributed by atoms with Gasteiger partial charge in [0.25, 0.3) is 0 Å². The van der Waals surface area contributed by atoms with E-state index in [2.05, 4.69) is 18.9 Å². The van der Waals surface area contributed by atoms with Gasteiger partial charge in [-0.1, -0.05) is 19.3 Å². The van der Waals surface area contributed by atoms with Crippen LogP contribution in [0.5, 0.6) is 0 Å². The summed E-state index contributed by atoms with van der Waals surface area (Å²) in [6.45, 7) is 8.49. The van der Waals surface area contributed by atoms with Crippen LogP contribution in [-0.4, -0.2) is 15.2 Å². The zero-order valence-electron chi connectivity index (χ0n) is 10.3. The van der Waals surface area contributed by atoms with Gasteiger partial charge in [0, 0.05) is 0 Å². The van der Waals surface area contributed by atoms with Gasteiger partial charge in [0.2, 0.25) is 0 Å². The maximum Gasteiger partial charge on any atom is 0.392 e. The van der Waals surface area contributed by atoms with Gasteiger partial charge in [0.05, 0.1) is 12.4 Å². The van der Waals surface area contributed by atoms with Crippen LogP contribution < -0.4 is 0 Å². The molecule has 0 saturated carbocycles. The minimum absolute atomic E-state index is 0.335. The smallest absolute Gasteiger partial charge is 0.392 e. The number of unbranched alkanes of at least 4 members (excludes halogenated alkanes) is 2. The van der Waals surface area contributed by atoms with Gasteiger partial charge >= 0.3 is 8.56 Å². The van der Waals surface area contributed by atoms with Gasteiger partial charge < -0.3 is 8.85 Å². The van der Waals surface area contributed by atoms with Gasteiger partial charge in [-0.15, -0.1) is 6.42 Å². The minimum atomic E-state index is -2.06. The molecule has 0 bridgehead atoms. The fourth-order valence-corrected chi connectivity index (χ4v) is 2.53. The monoisotopic (exact) mass is 226 g/mol. The molecule has 0 aliphatic rings. The van der Waals surface area contributed by atoms with E-state index in [1.807, 2.05) is 20.0 Å². The van der Waals surface area contributed by atoms with E-state index < -0.39 is 8.56 Å². The van der Waals surface area contributed by atoms with Crippen LogP contribution in [0, 0.1) is 12.3 Å². The molecule has 0 saturated heterocycles. The van der Waals surface area contributed by atoms with Crippen LogP contribution in [0.2, 0.25) is 13.1 Å². The summed E-state index contributed by atoms with van der Waals surface area (Å²) in [6.07, 6.45) is 10.7. The van der Waals surface area contributed by atoms with E-state index in [0.29, 0.717) is 6.61 Å². The molecule has 0 radical (unpaired) electrons. The first kappa shape index (κ1) is 14.3. The molecule has 3 heteroatoms. The Morgan fingerprint density at radius 1 is 1.47 bits per heavy atom. The molecule has 0 atom stereocenters. The molecular formula is C12H22O2Si. The van der Waals surface area contributed by atoms with E-state index in [4.69, 9.17) is 15.3 Å². The Morgan fingerprint density at radius 2 is 2.13 bits per heavy atom. The Balaban J connectivity index is 3.97. The maximum absolute atomic E-state index is 5.77. The quantitative estimate of drug-likeness (QED) is 0.286. The molecule has 0 aromatic rings. The first-order valence-corrected chi connectivity index (χ1v) is 8.26. The molecule has 0 unspecified atom stereocenters. The molecular weight excluding hydrogens is 204 g/mol. The molecule has 0 spiro atoms. The first-order chi connectivity index (χ1) is 7.02. The van der Waals surface area contributed by atoms with Gasteiger partial charge in [-0.2, -0.15) is 0 Å². The molecule has 0 fully saturated rings. The number of hydrogen-bond acceptors (Lipinski definition) is 2. The number of terminal acetylenes is 1. The normalized spacial score (nSPS) is 12.3. The van der Waals surface area contributed by atoms with Crippen LogP contribution in [0.1, 0.15) is 33.1 Å². The van der Waals surface area contributed by atoms with Crippen molar-refractivity contribution in [3.63, 3.8) is 0 Å². The van der Waals surface area contributed by atoms with Crippen LogP contribution in [-0.2, 0) is 8.85 Å². The second-order valence-electron chi connectivity index (χ2n) is 3.95. The number of hydrogen-bond donors (Lipinski definition) is 0. The van der Waals surface area contributed by atoms with Gasteiger partial charge in [-0.3, -0.25) is 0 Å².